The van der Waals surface area contributed by atoms with Crippen molar-refractivity contribution >= 4 is 11.9 Å². The molecule has 0 radical (unpaired) electrons. The minimum atomic E-state index is -0.270. The topological polar surface area (TPSA) is 55.4 Å². The summed E-state index contributed by atoms with van der Waals surface area (Å²) in [5.41, 5.74) is 1.08. The first-order valence-corrected chi connectivity index (χ1v) is 4.68. The monoisotopic (exact) mass is 197 g/mol. The van der Waals surface area contributed by atoms with Crippen molar-refractivity contribution in [3.8, 4) is 0 Å². The zero-order valence-corrected chi connectivity index (χ0v) is 8.50. The Balaban J connectivity index is 2.34. The van der Waals surface area contributed by atoms with Crippen molar-refractivity contribution in [2.45, 2.75) is 32.7 Å². The van der Waals surface area contributed by atoms with Crippen molar-refractivity contribution < 1.29 is 14.3 Å². The number of rotatable bonds is 3. The van der Waals surface area contributed by atoms with Gasteiger partial charge in [0.05, 0.1) is 0 Å². The van der Waals surface area contributed by atoms with Crippen LogP contribution in [-0.2, 0) is 14.3 Å². The van der Waals surface area contributed by atoms with E-state index in [2.05, 4.69) is 5.32 Å². The fourth-order valence-electron chi connectivity index (χ4n) is 1.48. The minimum Gasteiger partial charge on any atom is -0.461 e. The summed E-state index contributed by atoms with van der Waals surface area (Å²) in [6.07, 6.45) is 3.75. The molecule has 0 saturated heterocycles. The molecule has 0 aliphatic heterocycles. The summed E-state index contributed by atoms with van der Waals surface area (Å²) in [6, 6.07) is 0.109. The molecule has 0 heterocycles. The molecule has 14 heavy (non-hydrogen) atoms. The van der Waals surface area contributed by atoms with Crippen LogP contribution in [0.25, 0.3) is 0 Å². The molecule has 1 aliphatic carbocycles. The van der Waals surface area contributed by atoms with Gasteiger partial charge in [0.2, 0.25) is 5.91 Å². The summed E-state index contributed by atoms with van der Waals surface area (Å²) in [5, 5.41) is 2.80. The van der Waals surface area contributed by atoms with Crippen LogP contribution in [-0.4, -0.2) is 24.5 Å². The summed E-state index contributed by atoms with van der Waals surface area (Å²) in [4.78, 5) is 21.3. The van der Waals surface area contributed by atoms with Gasteiger partial charge in [-0.1, -0.05) is 6.08 Å². The van der Waals surface area contributed by atoms with E-state index in [0.29, 0.717) is 6.61 Å². The van der Waals surface area contributed by atoms with Crippen molar-refractivity contribution in [2.75, 3.05) is 6.61 Å². The number of nitrogens with one attached hydrogen (secondary N) is 1. The normalized spacial score (nSPS) is 20.1. The van der Waals surface area contributed by atoms with Gasteiger partial charge in [-0.3, -0.25) is 9.59 Å². The molecule has 0 saturated carbocycles. The molecule has 1 atom stereocenters. The lowest BCUT2D eigenvalue weighted by atomic mass is 10.2. The summed E-state index contributed by atoms with van der Waals surface area (Å²) in [7, 11) is 0. The van der Waals surface area contributed by atoms with Crippen molar-refractivity contribution in [1.29, 1.82) is 0 Å². The first kappa shape index (κ1) is 10.8. The third-order valence-electron chi connectivity index (χ3n) is 2.06. The number of ether oxygens (including phenoxy) is 1. The molecule has 1 rings (SSSR count). The number of esters is 1. The Labute approximate surface area is 83.3 Å². The predicted molar refractivity (Wildman–Crippen MR) is 51.6 cm³/mol. The summed E-state index contributed by atoms with van der Waals surface area (Å²) in [5.74, 6) is -0.297. The first-order chi connectivity index (χ1) is 6.58. The van der Waals surface area contributed by atoms with E-state index in [0.717, 1.165) is 18.4 Å². The van der Waals surface area contributed by atoms with Gasteiger partial charge in [0.1, 0.15) is 6.61 Å². The Morgan fingerprint density at radius 1 is 1.57 bits per heavy atom. The molecule has 0 spiro atoms. The molecule has 0 fully saturated rings. The van der Waals surface area contributed by atoms with Crippen molar-refractivity contribution in [1.82, 2.24) is 5.32 Å². The first-order valence-electron chi connectivity index (χ1n) is 4.68. The Bertz CT molecular complexity index is 271. The van der Waals surface area contributed by atoms with E-state index in [9.17, 15) is 9.59 Å². The molecule has 1 amide bonds. The van der Waals surface area contributed by atoms with Gasteiger partial charge in [0.15, 0.2) is 0 Å². The van der Waals surface area contributed by atoms with Gasteiger partial charge in [-0.2, -0.15) is 0 Å². The van der Waals surface area contributed by atoms with E-state index < -0.39 is 0 Å². The van der Waals surface area contributed by atoms with Crippen molar-refractivity contribution in [2.24, 2.45) is 0 Å². The molecule has 0 bridgehead atoms. The third-order valence-corrected chi connectivity index (χ3v) is 2.06. The number of hydrogen-bond donors (Lipinski definition) is 1. The van der Waals surface area contributed by atoms with Crippen LogP contribution in [0.2, 0.25) is 0 Å². The van der Waals surface area contributed by atoms with E-state index in [4.69, 9.17) is 4.74 Å². The smallest absolute Gasteiger partial charge is 0.302 e. The van der Waals surface area contributed by atoms with E-state index in [1.807, 2.05) is 6.08 Å². The molecule has 0 aromatic rings. The van der Waals surface area contributed by atoms with Gasteiger partial charge >= 0.3 is 5.97 Å². The van der Waals surface area contributed by atoms with Crippen LogP contribution >= 0.6 is 0 Å². The van der Waals surface area contributed by atoms with E-state index >= 15 is 0 Å². The third kappa shape index (κ3) is 3.60. The maximum Gasteiger partial charge on any atom is 0.302 e. The van der Waals surface area contributed by atoms with Gasteiger partial charge in [0.25, 0.3) is 0 Å². The molecule has 1 aliphatic rings. The van der Waals surface area contributed by atoms with Gasteiger partial charge < -0.3 is 10.1 Å². The van der Waals surface area contributed by atoms with Crippen LogP contribution in [0.3, 0.4) is 0 Å². The lowest BCUT2D eigenvalue weighted by Gasteiger charge is -2.06. The fraction of sp³-hybridized carbons (Fsp3) is 0.600. The number of amides is 1. The number of carbonyl (C=O) groups is 2. The molecule has 78 valence electrons. The predicted octanol–water partition coefficient (Wildman–Crippen LogP) is 0.774. The summed E-state index contributed by atoms with van der Waals surface area (Å²) in [6.45, 7) is 3.24. The van der Waals surface area contributed by atoms with E-state index in [1.165, 1.54) is 13.8 Å². The quantitative estimate of drug-likeness (QED) is 0.537. The van der Waals surface area contributed by atoms with Gasteiger partial charge in [0, 0.05) is 19.9 Å². The molecule has 0 aromatic carbocycles. The van der Waals surface area contributed by atoms with Crippen LogP contribution in [0, 0.1) is 0 Å². The minimum absolute atomic E-state index is 0.0278. The fourth-order valence-corrected chi connectivity index (χ4v) is 1.48. The summed E-state index contributed by atoms with van der Waals surface area (Å²) < 4.78 is 4.86. The van der Waals surface area contributed by atoms with E-state index in [-0.39, 0.29) is 17.9 Å². The highest BCUT2D eigenvalue weighted by atomic mass is 16.5. The van der Waals surface area contributed by atoms with Gasteiger partial charge in [-0.25, -0.2) is 0 Å². The zero-order valence-electron chi connectivity index (χ0n) is 8.50. The van der Waals surface area contributed by atoms with Crippen molar-refractivity contribution in [3.63, 3.8) is 0 Å². The largest absolute Gasteiger partial charge is 0.461 e. The summed E-state index contributed by atoms with van der Waals surface area (Å²) >= 11 is 0. The Morgan fingerprint density at radius 2 is 2.29 bits per heavy atom. The molecule has 4 nitrogen and oxygen atoms in total. The highest BCUT2D eigenvalue weighted by molar-refractivity contribution is 5.73. The maximum absolute atomic E-state index is 10.7. The molecule has 4 heteroatoms. The Hall–Kier alpha value is -1.32. The van der Waals surface area contributed by atoms with Crippen LogP contribution in [0.15, 0.2) is 11.6 Å². The van der Waals surface area contributed by atoms with Crippen molar-refractivity contribution in [3.05, 3.63) is 11.6 Å². The Morgan fingerprint density at radius 3 is 2.86 bits per heavy atom. The molecular weight excluding hydrogens is 182 g/mol. The molecular formula is C10H15NO3. The van der Waals surface area contributed by atoms with Crippen LogP contribution in [0.5, 0.6) is 0 Å². The highest BCUT2D eigenvalue weighted by Crippen LogP contribution is 2.18. The maximum atomic E-state index is 10.7. The Kier molecular flexibility index (Phi) is 3.68. The second-order valence-electron chi connectivity index (χ2n) is 3.45. The average molecular weight is 197 g/mol. The second kappa shape index (κ2) is 4.79. The van der Waals surface area contributed by atoms with Gasteiger partial charge in [-0.05, 0) is 18.4 Å². The van der Waals surface area contributed by atoms with E-state index in [1.54, 1.807) is 0 Å². The SMILES string of the molecule is CC(=O)N[C@@H]1C=C(COC(C)=O)CC1. The number of carbonyl (C=O) groups excluding carboxylic acids is 2. The molecule has 0 unspecified atom stereocenters. The average Bonchev–Trinajstić information content (AvgIpc) is 2.47. The van der Waals surface area contributed by atoms with Crippen LogP contribution < -0.4 is 5.32 Å². The second-order valence-corrected chi connectivity index (χ2v) is 3.45. The lowest BCUT2D eigenvalue weighted by molar-refractivity contribution is -0.140. The van der Waals surface area contributed by atoms with Crippen LogP contribution in [0.1, 0.15) is 26.7 Å². The highest BCUT2D eigenvalue weighted by Gasteiger charge is 2.16. The standard InChI is InChI=1S/C10H15NO3/c1-7(12)11-10-4-3-9(5-10)6-14-8(2)13/h5,10H,3-4,6H2,1-2H3,(H,11,12)/t10-/m0/s1. The number of hydrogen-bond acceptors (Lipinski definition) is 3. The molecule has 0 aromatic heterocycles. The lowest BCUT2D eigenvalue weighted by Crippen LogP contribution is -2.29. The zero-order chi connectivity index (χ0) is 10.6. The van der Waals surface area contributed by atoms with Gasteiger partial charge in [-0.15, -0.1) is 0 Å². The van der Waals surface area contributed by atoms with Crippen LogP contribution in [0.4, 0.5) is 0 Å². The molecule has 1 N–H and O–H groups in total.